The molecule has 0 spiro atoms. The molecule has 23 heavy (non-hydrogen) atoms. The average molecular weight is 310 g/mol. The third-order valence-corrected chi connectivity index (χ3v) is 4.37. The highest BCUT2D eigenvalue weighted by Crippen LogP contribution is 2.20. The van der Waals surface area contributed by atoms with Gasteiger partial charge in [-0.3, -0.25) is 4.90 Å². The molecule has 0 aromatic heterocycles. The van der Waals surface area contributed by atoms with Crippen LogP contribution >= 0.6 is 0 Å². The summed E-state index contributed by atoms with van der Waals surface area (Å²) in [4.78, 5) is 2.55. The molecule has 1 N–H and O–H groups in total. The Morgan fingerprint density at radius 1 is 1.00 bits per heavy atom. The Balaban J connectivity index is 1.45. The van der Waals surface area contributed by atoms with E-state index in [1.54, 1.807) is 0 Å². The van der Waals surface area contributed by atoms with Crippen LogP contribution in [-0.4, -0.2) is 30.6 Å². The Hall–Kier alpha value is -2.00. The summed E-state index contributed by atoms with van der Waals surface area (Å²) in [5, 5.41) is 3.65. The number of rotatable bonds is 6. The van der Waals surface area contributed by atoms with Crippen molar-refractivity contribution in [2.45, 2.75) is 32.4 Å². The average Bonchev–Trinajstić information content (AvgIpc) is 2.60. The van der Waals surface area contributed by atoms with Gasteiger partial charge in [0.15, 0.2) is 0 Å². The largest absolute Gasteiger partial charge is 0.494 e. The maximum Gasteiger partial charge on any atom is 0.119 e. The molecule has 0 unspecified atom stereocenters. The van der Waals surface area contributed by atoms with Crippen LogP contribution in [0.4, 0.5) is 5.69 Å². The van der Waals surface area contributed by atoms with Crippen molar-refractivity contribution >= 4 is 5.69 Å². The van der Waals surface area contributed by atoms with Crippen LogP contribution in [0.2, 0.25) is 0 Å². The Morgan fingerprint density at radius 2 is 1.70 bits per heavy atom. The van der Waals surface area contributed by atoms with Gasteiger partial charge in [0.1, 0.15) is 5.75 Å². The van der Waals surface area contributed by atoms with Gasteiger partial charge in [0.05, 0.1) is 6.61 Å². The smallest absolute Gasteiger partial charge is 0.119 e. The SMILES string of the molecule is CCOc1ccc(NC2CCN(Cc3ccccc3)CC2)cc1. The van der Waals surface area contributed by atoms with Gasteiger partial charge in [-0.2, -0.15) is 0 Å². The van der Waals surface area contributed by atoms with E-state index in [4.69, 9.17) is 4.74 Å². The fourth-order valence-corrected chi connectivity index (χ4v) is 3.13. The zero-order valence-electron chi connectivity index (χ0n) is 13.9. The monoisotopic (exact) mass is 310 g/mol. The molecule has 122 valence electrons. The summed E-state index contributed by atoms with van der Waals surface area (Å²) in [6, 6.07) is 19.6. The van der Waals surface area contributed by atoms with Crippen LogP contribution in [0.15, 0.2) is 54.6 Å². The zero-order chi connectivity index (χ0) is 15.9. The third kappa shape index (κ3) is 4.73. The Morgan fingerprint density at radius 3 is 2.35 bits per heavy atom. The van der Waals surface area contributed by atoms with E-state index in [-0.39, 0.29) is 0 Å². The van der Waals surface area contributed by atoms with Crippen molar-refractivity contribution in [3.05, 3.63) is 60.2 Å². The molecule has 3 rings (SSSR count). The zero-order valence-corrected chi connectivity index (χ0v) is 13.9. The number of benzene rings is 2. The van der Waals surface area contributed by atoms with Crippen molar-refractivity contribution in [3.63, 3.8) is 0 Å². The third-order valence-electron chi connectivity index (χ3n) is 4.37. The molecule has 1 saturated heterocycles. The number of ether oxygens (including phenoxy) is 1. The van der Waals surface area contributed by atoms with Crippen molar-refractivity contribution < 1.29 is 4.74 Å². The highest BCUT2D eigenvalue weighted by Gasteiger charge is 2.18. The van der Waals surface area contributed by atoms with Gasteiger partial charge in [-0.25, -0.2) is 0 Å². The second kappa shape index (κ2) is 8.02. The maximum absolute atomic E-state index is 5.49. The first-order valence-corrected chi connectivity index (χ1v) is 8.59. The van der Waals surface area contributed by atoms with Gasteiger partial charge in [0.2, 0.25) is 0 Å². The van der Waals surface area contributed by atoms with Crippen molar-refractivity contribution in [3.8, 4) is 5.75 Å². The van der Waals surface area contributed by atoms with Crippen molar-refractivity contribution in [1.29, 1.82) is 0 Å². The fourth-order valence-electron chi connectivity index (χ4n) is 3.13. The van der Waals surface area contributed by atoms with Gasteiger partial charge >= 0.3 is 0 Å². The molecule has 0 radical (unpaired) electrons. The van der Waals surface area contributed by atoms with Gasteiger partial charge in [-0.15, -0.1) is 0 Å². The molecule has 3 nitrogen and oxygen atoms in total. The molecule has 2 aromatic carbocycles. The van der Waals surface area contributed by atoms with Crippen LogP contribution in [0.1, 0.15) is 25.3 Å². The minimum Gasteiger partial charge on any atom is -0.494 e. The predicted octanol–water partition coefficient (Wildman–Crippen LogP) is 4.16. The molecular weight excluding hydrogens is 284 g/mol. The topological polar surface area (TPSA) is 24.5 Å². The number of hydrogen-bond donors (Lipinski definition) is 1. The molecule has 0 atom stereocenters. The number of anilines is 1. The number of likely N-dealkylation sites (tertiary alicyclic amines) is 1. The van der Waals surface area contributed by atoms with E-state index in [2.05, 4.69) is 52.7 Å². The first-order chi connectivity index (χ1) is 11.3. The van der Waals surface area contributed by atoms with E-state index in [1.807, 2.05) is 19.1 Å². The van der Waals surface area contributed by atoms with Gasteiger partial charge in [-0.1, -0.05) is 30.3 Å². The predicted molar refractivity (Wildman–Crippen MR) is 96.0 cm³/mol. The molecule has 1 aliphatic heterocycles. The molecule has 0 amide bonds. The second-order valence-corrected chi connectivity index (χ2v) is 6.14. The lowest BCUT2D eigenvalue weighted by Gasteiger charge is -2.33. The molecule has 1 fully saturated rings. The summed E-state index contributed by atoms with van der Waals surface area (Å²) in [5.74, 6) is 0.940. The second-order valence-electron chi connectivity index (χ2n) is 6.14. The van der Waals surface area contributed by atoms with Crippen LogP contribution in [0.5, 0.6) is 5.75 Å². The first kappa shape index (κ1) is 15.9. The molecule has 1 aliphatic rings. The summed E-state index contributed by atoms with van der Waals surface area (Å²) in [6.07, 6.45) is 2.39. The molecule has 0 bridgehead atoms. The number of nitrogens with zero attached hydrogens (tertiary/aromatic N) is 1. The van der Waals surface area contributed by atoms with E-state index in [0.717, 1.165) is 25.4 Å². The van der Waals surface area contributed by atoms with E-state index in [9.17, 15) is 0 Å². The Labute approximate surface area is 139 Å². The summed E-state index contributed by atoms with van der Waals surface area (Å²) < 4.78 is 5.49. The van der Waals surface area contributed by atoms with Crippen LogP contribution in [0.3, 0.4) is 0 Å². The molecule has 2 aromatic rings. The standard InChI is InChI=1S/C20H26N2O/c1-2-23-20-10-8-18(9-11-20)21-19-12-14-22(15-13-19)16-17-6-4-3-5-7-17/h3-11,19,21H,2,12-16H2,1H3. The van der Waals surface area contributed by atoms with E-state index >= 15 is 0 Å². The fraction of sp³-hybridized carbons (Fsp3) is 0.400. The van der Waals surface area contributed by atoms with Gasteiger partial charge in [0, 0.05) is 31.4 Å². The number of piperidine rings is 1. The van der Waals surface area contributed by atoms with Crippen LogP contribution in [-0.2, 0) is 6.54 Å². The quantitative estimate of drug-likeness (QED) is 0.867. The molecule has 0 aliphatic carbocycles. The lowest BCUT2D eigenvalue weighted by Crippen LogP contribution is -2.38. The normalized spacial score (nSPS) is 16.2. The summed E-state index contributed by atoms with van der Waals surface area (Å²) in [5.41, 5.74) is 2.60. The molecule has 1 heterocycles. The van der Waals surface area contributed by atoms with Crippen LogP contribution < -0.4 is 10.1 Å². The van der Waals surface area contributed by atoms with Gasteiger partial charge in [0.25, 0.3) is 0 Å². The first-order valence-electron chi connectivity index (χ1n) is 8.59. The maximum atomic E-state index is 5.49. The van der Waals surface area contributed by atoms with Crippen molar-refractivity contribution in [1.82, 2.24) is 4.90 Å². The molecule has 0 saturated carbocycles. The highest BCUT2D eigenvalue weighted by atomic mass is 16.5. The summed E-state index contributed by atoms with van der Waals surface area (Å²) in [7, 11) is 0. The minimum atomic E-state index is 0.569. The Kier molecular flexibility index (Phi) is 5.54. The highest BCUT2D eigenvalue weighted by molar-refractivity contribution is 5.47. The minimum absolute atomic E-state index is 0.569. The van der Waals surface area contributed by atoms with Crippen molar-refractivity contribution in [2.24, 2.45) is 0 Å². The van der Waals surface area contributed by atoms with Crippen molar-refractivity contribution in [2.75, 3.05) is 25.0 Å². The number of nitrogens with one attached hydrogen (secondary N) is 1. The van der Waals surface area contributed by atoms with E-state index in [1.165, 1.54) is 24.1 Å². The Bertz CT molecular complexity index is 574. The van der Waals surface area contributed by atoms with Crippen LogP contribution in [0.25, 0.3) is 0 Å². The summed E-state index contributed by atoms with van der Waals surface area (Å²) in [6.45, 7) is 6.10. The van der Waals surface area contributed by atoms with E-state index < -0.39 is 0 Å². The number of hydrogen-bond acceptors (Lipinski definition) is 3. The molecular formula is C20H26N2O. The van der Waals surface area contributed by atoms with Gasteiger partial charge < -0.3 is 10.1 Å². The lowest BCUT2D eigenvalue weighted by molar-refractivity contribution is 0.211. The molecule has 3 heteroatoms. The summed E-state index contributed by atoms with van der Waals surface area (Å²) >= 11 is 0. The van der Waals surface area contributed by atoms with Gasteiger partial charge in [-0.05, 0) is 49.6 Å². The lowest BCUT2D eigenvalue weighted by atomic mass is 10.0. The van der Waals surface area contributed by atoms with Crippen LogP contribution in [0, 0.1) is 0 Å². The van der Waals surface area contributed by atoms with E-state index in [0.29, 0.717) is 12.6 Å².